The molecule has 2 aliphatic heterocycles. The number of fused-ring (bicyclic) bond motifs is 2. The molecule has 6 nitrogen and oxygen atoms in total. The third-order valence-corrected chi connectivity index (χ3v) is 10.0. The van der Waals surface area contributed by atoms with E-state index >= 15 is 14.4 Å². The average molecular weight is 655 g/mol. The number of carbonyl (C=O) groups excluding carboxylic acids is 3. The second kappa shape index (κ2) is 12.3. The Morgan fingerprint density at radius 3 is 1.60 bits per heavy atom. The van der Waals surface area contributed by atoms with Gasteiger partial charge in [-0.25, -0.2) is 4.90 Å². The highest BCUT2D eigenvalue weighted by molar-refractivity contribution is 6.34. The normalized spacial score (nSPS) is 17.5. The predicted molar refractivity (Wildman–Crippen MR) is 194 cm³/mol. The van der Waals surface area contributed by atoms with Crippen molar-refractivity contribution in [1.29, 1.82) is 0 Å². The monoisotopic (exact) mass is 654 g/mol. The highest BCUT2D eigenvalue weighted by atomic mass is 16.5. The molecule has 0 N–H and O–H groups in total. The molecule has 0 aromatic heterocycles. The van der Waals surface area contributed by atoms with Crippen molar-refractivity contribution in [2.75, 3.05) is 16.4 Å². The number of anilines is 2. The number of amides is 3. The summed E-state index contributed by atoms with van der Waals surface area (Å²) in [4.78, 5) is 49.4. The average Bonchev–Trinajstić information content (AvgIpc) is 3.44. The van der Waals surface area contributed by atoms with Gasteiger partial charge in [0.2, 0.25) is 11.8 Å². The number of imide groups is 1. The Hall–Kier alpha value is -6.27. The van der Waals surface area contributed by atoms with Crippen LogP contribution < -0.4 is 14.5 Å². The Balaban J connectivity index is 1.41. The van der Waals surface area contributed by atoms with Crippen LogP contribution in [-0.2, 0) is 25.3 Å². The lowest BCUT2D eigenvalue weighted by Crippen LogP contribution is -2.82. The molecule has 2 aliphatic rings. The molecular weight excluding hydrogens is 620 g/mol. The van der Waals surface area contributed by atoms with Crippen LogP contribution in [0.15, 0.2) is 170 Å². The van der Waals surface area contributed by atoms with Crippen LogP contribution in [0.2, 0.25) is 0 Å². The Labute approximate surface area is 291 Å². The third-order valence-electron chi connectivity index (χ3n) is 10.0. The van der Waals surface area contributed by atoms with E-state index in [0.29, 0.717) is 40.4 Å². The van der Waals surface area contributed by atoms with E-state index in [1.165, 1.54) is 4.90 Å². The maximum Gasteiger partial charge on any atom is 0.266 e. The molecule has 50 heavy (non-hydrogen) atoms. The molecule has 244 valence electrons. The first-order valence-electron chi connectivity index (χ1n) is 16.8. The fraction of sp³-hybridized carbons (Fsp3) is 0.114. The number of benzene rings is 6. The van der Waals surface area contributed by atoms with E-state index in [4.69, 9.17) is 4.74 Å². The van der Waals surface area contributed by atoms with Gasteiger partial charge in [-0.3, -0.25) is 19.3 Å². The number of para-hydroxylation sites is 1. The molecule has 0 saturated carbocycles. The van der Waals surface area contributed by atoms with Crippen LogP contribution in [0.4, 0.5) is 11.4 Å². The van der Waals surface area contributed by atoms with Crippen LogP contribution in [0.5, 0.6) is 5.75 Å². The summed E-state index contributed by atoms with van der Waals surface area (Å²) in [6.07, 6.45) is 0. The molecule has 1 saturated heterocycles. The number of carbonyl (C=O) groups is 3. The highest BCUT2D eigenvalue weighted by Gasteiger charge is 2.81. The van der Waals surface area contributed by atoms with E-state index in [1.54, 1.807) is 17.0 Å². The largest absolute Gasteiger partial charge is 0.494 e. The zero-order chi connectivity index (χ0) is 34.3. The summed E-state index contributed by atoms with van der Waals surface area (Å²) in [5.41, 5.74) is 1.28. The van der Waals surface area contributed by atoms with Gasteiger partial charge in [0.1, 0.15) is 11.2 Å². The quantitative estimate of drug-likeness (QED) is 0.156. The Bertz CT molecular complexity index is 2110. The maximum absolute atomic E-state index is 15.9. The lowest BCUT2D eigenvalue weighted by molar-refractivity contribution is -0.147. The molecule has 0 aliphatic carbocycles. The zero-order valence-corrected chi connectivity index (χ0v) is 27.5. The third kappa shape index (κ3) is 4.31. The number of hydrogen-bond acceptors (Lipinski definition) is 4. The summed E-state index contributed by atoms with van der Waals surface area (Å²) in [6, 6.07) is 52.6. The van der Waals surface area contributed by atoms with Crippen molar-refractivity contribution in [3.63, 3.8) is 0 Å². The minimum absolute atomic E-state index is 0.265. The SMILES string of the molecule is CCOc1ccc(N2C(=O)C(c3ccccc3)(c3ccccc3)C23C(=O)N(C(=O)C(c2ccccc2)c2ccccc2)c2ccccc23)cc1. The second-order valence-corrected chi connectivity index (χ2v) is 12.5. The molecule has 6 heteroatoms. The summed E-state index contributed by atoms with van der Waals surface area (Å²) < 4.78 is 5.73. The fourth-order valence-electron chi connectivity index (χ4n) is 8.02. The molecule has 6 aromatic carbocycles. The number of hydrogen-bond donors (Lipinski definition) is 0. The smallest absolute Gasteiger partial charge is 0.266 e. The number of rotatable bonds is 8. The van der Waals surface area contributed by atoms with Gasteiger partial charge in [-0.1, -0.05) is 140 Å². The maximum atomic E-state index is 15.9. The first-order chi connectivity index (χ1) is 24.5. The van der Waals surface area contributed by atoms with Crippen LogP contribution in [0.25, 0.3) is 0 Å². The molecule has 1 spiro atoms. The molecular formula is C44H34N2O4. The van der Waals surface area contributed by atoms with Gasteiger partial charge in [-0.05, 0) is 59.5 Å². The molecule has 6 aromatic rings. The summed E-state index contributed by atoms with van der Waals surface area (Å²) in [6.45, 7) is 2.40. The van der Waals surface area contributed by atoms with Gasteiger partial charge in [0.05, 0.1) is 18.2 Å². The Kier molecular flexibility index (Phi) is 7.64. The van der Waals surface area contributed by atoms with Crippen molar-refractivity contribution in [1.82, 2.24) is 0 Å². The summed E-state index contributed by atoms with van der Waals surface area (Å²) in [5.74, 6) is -1.26. The van der Waals surface area contributed by atoms with Crippen molar-refractivity contribution in [3.05, 3.63) is 198 Å². The summed E-state index contributed by atoms with van der Waals surface area (Å²) in [5, 5.41) is 0. The van der Waals surface area contributed by atoms with Crippen molar-refractivity contribution < 1.29 is 19.1 Å². The number of ether oxygens (including phenoxy) is 1. The Morgan fingerprint density at radius 1 is 0.600 bits per heavy atom. The van der Waals surface area contributed by atoms with Gasteiger partial charge >= 0.3 is 0 Å². The number of β-lactam (4-membered cyclic amide) rings is 1. The van der Waals surface area contributed by atoms with Gasteiger partial charge in [0.15, 0.2) is 5.54 Å². The van der Waals surface area contributed by atoms with E-state index in [9.17, 15) is 0 Å². The molecule has 1 fully saturated rings. The predicted octanol–water partition coefficient (Wildman–Crippen LogP) is 8.02. The zero-order valence-electron chi connectivity index (χ0n) is 27.5. The van der Waals surface area contributed by atoms with Crippen LogP contribution in [0.1, 0.15) is 40.7 Å². The molecule has 2 heterocycles. The van der Waals surface area contributed by atoms with E-state index in [-0.39, 0.29) is 5.91 Å². The fourth-order valence-corrected chi connectivity index (χ4v) is 8.02. The molecule has 1 unspecified atom stereocenters. The lowest BCUT2D eigenvalue weighted by atomic mass is 9.51. The topological polar surface area (TPSA) is 66.9 Å². The van der Waals surface area contributed by atoms with Crippen LogP contribution in [-0.4, -0.2) is 24.3 Å². The van der Waals surface area contributed by atoms with E-state index < -0.39 is 28.7 Å². The molecule has 1 atom stereocenters. The van der Waals surface area contributed by atoms with Gasteiger partial charge in [0.25, 0.3) is 5.91 Å². The van der Waals surface area contributed by atoms with Crippen LogP contribution in [0.3, 0.4) is 0 Å². The van der Waals surface area contributed by atoms with E-state index in [1.807, 2.05) is 165 Å². The second-order valence-electron chi connectivity index (χ2n) is 12.5. The highest BCUT2D eigenvalue weighted by Crippen LogP contribution is 2.66. The standard InChI is InChI=1S/C44H34N2O4/c1-2-50-36-29-27-35(28-30-36)46-41(48)43(33-21-11-5-12-22-33,34-23-13-6-14-24-34)44(46)37-25-15-16-26-38(37)45(42(44)49)40(47)39(31-17-7-3-8-18-31)32-19-9-4-10-20-32/h3-30,39H,2H2,1H3. The van der Waals surface area contributed by atoms with E-state index in [0.717, 1.165) is 11.1 Å². The molecule has 0 bridgehead atoms. The molecule has 3 amide bonds. The minimum Gasteiger partial charge on any atom is -0.494 e. The van der Waals surface area contributed by atoms with Crippen molar-refractivity contribution in [2.45, 2.75) is 23.8 Å². The van der Waals surface area contributed by atoms with Gasteiger partial charge in [-0.15, -0.1) is 0 Å². The molecule has 8 rings (SSSR count). The summed E-state index contributed by atoms with van der Waals surface area (Å²) in [7, 11) is 0. The van der Waals surface area contributed by atoms with Crippen LogP contribution >= 0.6 is 0 Å². The van der Waals surface area contributed by atoms with Crippen molar-refractivity contribution in [3.8, 4) is 5.75 Å². The minimum atomic E-state index is -1.65. The lowest BCUT2D eigenvalue weighted by Gasteiger charge is -2.62. The first-order valence-corrected chi connectivity index (χ1v) is 16.8. The molecule has 0 radical (unpaired) electrons. The van der Waals surface area contributed by atoms with Gasteiger partial charge in [-0.2, -0.15) is 0 Å². The number of nitrogens with zero attached hydrogens (tertiary/aromatic N) is 2. The van der Waals surface area contributed by atoms with E-state index in [2.05, 4.69) is 0 Å². The van der Waals surface area contributed by atoms with Crippen LogP contribution in [0, 0.1) is 0 Å². The van der Waals surface area contributed by atoms with Gasteiger partial charge in [0, 0.05) is 11.3 Å². The first kappa shape index (κ1) is 31.0. The summed E-state index contributed by atoms with van der Waals surface area (Å²) >= 11 is 0. The van der Waals surface area contributed by atoms with Gasteiger partial charge < -0.3 is 4.74 Å². The van der Waals surface area contributed by atoms with Crippen molar-refractivity contribution in [2.24, 2.45) is 0 Å². The van der Waals surface area contributed by atoms with Crippen molar-refractivity contribution >= 4 is 29.1 Å². The Morgan fingerprint density at radius 2 is 1.08 bits per heavy atom.